The van der Waals surface area contributed by atoms with Crippen LogP contribution in [0.3, 0.4) is 0 Å². The molecule has 2 atom stereocenters. The Morgan fingerprint density at radius 1 is 1.16 bits per heavy atom. The van der Waals surface area contributed by atoms with Crippen molar-refractivity contribution in [3.63, 3.8) is 0 Å². The van der Waals surface area contributed by atoms with Crippen LogP contribution >= 0.6 is 11.3 Å². The first-order valence-corrected chi connectivity index (χ1v) is 9.12. The normalized spacial score (nSPS) is 20.2. The van der Waals surface area contributed by atoms with Crippen molar-refractivity contribution in [1.82, 2.24) is 15.0 Å². The van der Waals surface area contributed by atoms with Crippen LogP contribution < -0.4 is 16.8 Å². The molecule has 25 heavy (non-hydrogen) atoms. The van der Waals surface area contributed by atoms with Gasteiger partial charge in [0.25, 0.3) is 0 Å². The number of aliphatic hydroxyl groups excluding tert-OH is 1. The molecule has 3 aromatic rings. The van der Waals surface area contributed by atoms with Gasteiger partial charge in [0.2, 0.25) is 5.95 Å². The van der Waals surface area contributed by atoms with E-state index in [0.29, 0.717) is 23.1 Å². The lowest BCUT2D eigenvalue weighted by Gasteiger charge is -2.17. The second kappa shape index (κ2) is 6.45. The van der Waals surface area contributed by atoms with E-state index in [2.05, 4.69) is 20.3 Å². The summed E-state index contributed by atoms with van der Waals surface area (Å²) in [4.78, 5) is 13.2. The molecular weight excluding hydrogens is 336 g/mol. The quantitative estimate of drug-likeness (QED) is 0.566. The number of nitrogens with two attached hydrogens (primary N) is 2. The summed E-state index contributed by atoms with van der Waals surface area (Å²) < 4.78 is 1.08. The molecule has 2 unspecified atom stereocenters. The van der Waals surface area contributed by atoms with Gasteiger partial charge in [-0.25, -0.2) is 4.98 Å². The Kier molecular flexibility index (Phi) is 4.14. The monoisotopic (exact) mass is 356 g/mol. The summed E-state index contributed by atoms with van der Waals surface area (Å²) in [6.07, 6.45) is 2.88. The molecule has 1 fully saturated rings. The molecule has 8 heteroatoms. The molecule has 1 saturated carbocycles. The van der Waals surface area contributed by atoms with Crippen LogP contribution in [0, 0.1) is 5.92 Å². The van der Waals surface area contributed by atoms with Gasteiger partial charge in [0.05, 0.1) is 15.8 Å². The maximum absolute atomic E-state index is 9.35. The number of nitrogen functional groups attached to an aromatic ring is 2. The third-order valence-corrected chi connectivity index (χ3v) is 5.66. The molecule has 0 spiro atoms. The van der Waals surface area contributed by atoms with Gasteiger partial charge >= 0.3 is 0 Å². The summed E-state index contributed by atoms with van der Waals surface area (Å²) in [6, 6.07) is 8.18. The molecule has 2 aromatic heterocycles. The number of nitrogens with zero attached hydrogens (tertiary/aromatic N) is 3. The number of hydrogen-bond acceptors (Lipinski definition) is 8. The van der Waals surface area contributed by atoms with E-state index in [1.54, 1.807) is 11.3 Å². The lowest BCUT2D eigenvalue weighted by atomic mass is 10.1. The fourth-order valence-electron chi connectivity index (χ4n) is 3.36. The van der Waals surface area contributed by atoms with Crippen LogP contribution in [0.1, 0.15) is 19.3 Å². The SMILES string of the molecule is Nc1nc(N)c(-c2nc3ccccc3s2)c(NC2CCC(CO)C2)n1. The minimum absolute atomic E-state index is 0.140. The Morgan fingerprint density at radius 3 is 2.76 bits per heavy atom. The van der Waals surface area contributed by atoms with Crippen LogP contribution in [-0.2, 0) is 0 Å². The maximum atomic E-state index is 9.35. The van der Waals surface area contributed by atoms with E-state index in [9.17, 15) is 5.11 Å². The highest BCUT2D eigenvalue weighted by atomic mass is 32.1. The predicted molar refractivity (Wildman–Crippen MR) is 101 cm³/mol. The number of para-hydroxylation sites is 1. The lowest BCUT2D eigenvalue weighted by molar-refractivity contribution is 0.229. The summed E-state index contributed by atoms with van der Waals surface area (Å²) in [5.41, 5.74) is 13.6. The van der Waals surface area contributed by atoms with Gasteiger partial charge in [-0.1, -0.05) is 12.1 Å². The largest absolute Gasteiger partial charge is 0.396 e. The number of hydrogen-bond donors (Lipinski definition) is 4. The molecule has 7 nitrogen and oxygen atoms in total. The van der Waals surface area contributed by atoms with Gasteiger partial charge in [0.1, 0.15) is 16.6 Å². The topological polar surface area (TPSA) is 123 Å². The van der Waals surface area contributed by atoms with Gasteiger partial charge in [-0.3, -0.25) is 0 Å². The van der Waals surface area contributed by atoms with Crippen molar-refractivity contribution in [2.75, 3.05) is 23.4 Å². The molecule has 0 aliphatic heterocycles. The minimum Gasteiger partial charge on any atom is -0.396 e. The fraction of sp³-hybridized carbons (Fsp3) is 0.353. The first-order valence-electron chi connectivity index (χ1n) is 8.30. The second-order valence-corrected chi connectivity index (χ2v) is 7.41. The van der Waals surface area contributed by atoms with E-state index in [1.807, 2.05) is 24.3 Å². The smallest absolute Gasteiger partial charge is 0.223 e. The molecule has 4 rings (SSSR count). The number of aliphatic hydroxyl groups is 1. The zero-order chi connectivity index (χ0) is 17.4. The summed E-state index contributed by atoms with van der Waals surface area (Å²) in [6.45, 7) is 0.219. The molecule has 0 saturated heterocycles. The van der Waals surface area contributed by atoms with Gasteiger partial charge < -0.3 is 21.9 Å². The van der Waals surface area contributed by atoms with Crippen LogP contribution in [0.15, 0.2) is 24.3 Å². The number of nitrogens with one attached hydrogen (secondary N) is 1. The van der Waals surface area contributed by atoms with Gasteiger partial charge in [-0.15, -0.1) is 11.3 Å². The lowest BCUT2D eigenvalue weighted by Crippen LogP contribution is -2.19. The van der Waals surface area contributed by atoms with Crippen LogP contribution in [0.4, 0.5) is 17.6 Å². The van der Waals surface area contributed by atoms with E-state index in [0.717, 1.165) is 34.5 Å². The van der Waals surface area contributed by atoms with E-state index in [1.165, 1.54) is 0 Å². The van der Waals surface area contributed by atoms with Crippen LogP contribution in [-0.4, -0.2) is 32.7 Å². The molecule has 0 bridgehead atoms. The van der Waals surface area contributed by atoms with Crippen molar-refractivity contribution < 1.29 is 5.11 Å². The van der Waals surface area contributed by atoms with E-state index in [-0.39, 0.29) is 18.6 Å². The number of thiazole rings is 1. The molecule has 6 N–H and O–H groups in total. The van der Waals surface area contributed by atoms with Gasteiger partial charge in [-0.05, 0) is 37.3 Å². The fourth-order valence-corrected chi connectivity index (χ4v) is 4.38. The number of aromatic nitrogens is 3. The Balaban J connectivity index is 1.73. The molecule has 0 amide bonds. The minimum atomic E-state index is 0.140. The van der Waals surface area contributed by atoms with Crippen molar-refractivity contribution >= 4 is 39.1 Å². The molecule has 1 aliphatic rings. The van der Waals surface area contributed by atoms with Crippen molar-refractivity contribution in [1.29, 1.82) is 0 Å². The number of benzene rings is 1. The second-order valence-electron chi connectivity index (χ2n) is 6.38. The van der Waals surface area contributed by atoms with E-state index < -0.39 is 0 Å². The van der Waals surface area contributed by atoms with E-state index >= 15 is 0 Å². The molecule has 1 aliphatic carbocycles. The van der Waals surface area contributed by atoms with Gasteiger partial charge in [-0.2, -0.15) is 9.97 Å². The first kappa shape index (κ1) is 16.0. The van der Waals surface area contributed by atoms with Crippen LogP contribution in [0.5, 0.6) is 0 Å². The summed E-state index contributed by atoms with van der Waals surface area (Å²) in [7, 11) is 0. The number of fused-ring (bicyclic) bond motifs is 1. The van der Waals surface area contributed by atoms with E-state index in [4.69, 9.17) is 11.5 Å². The summed E-state index contributed by atoms with van der Waals surface area (Å²) >= 11 is 1.56. The highest BCUT2D eigenvalue weighted by molar-refractivity contribution is 7.21. The third-order valence-electron chi connectivity index (χ3n) is 4.60. The maximum Gasteiger partial charge on any atom is 0.223 e. The number of anilines is 3. The molecule has 1 aromatic carbocycles. The van der Waals surface area contributed by atoms with Gasteiger partial charge in [0, 0.05) is 12.6 Å². The third kappa shape index (κ3) is 3.10. The standard InChI is InChI=1S/C17H20N6OS/c18-14-13(16-21-11-3-1-2-4-12(11)25-16)15(23-17(19)22-14)20-10-6-5-9(7-10)8-24/h1-4,9-10,24H,5-8H2,(H5,18,19,20,22,23). The Labute approximate surface area is 149 Å². The van der Waals surface area contributed by atoms with Crippen LogP contribution in [0.2, 0.25) is 0 Å². The Bertz CT molecular complexity index is 878. The number of rotatable bonds is 4. The molecule has 0 radical (unpaired) electrons. The summed E-state index contributed by atoms with van der Waals surface area (Å²) in [5.74, 6) is 1.42. The van der Waals surface area contributed by atoms with Crippen molar-refractivity contribution in [2.45, 2.75) is 25.3 Å². The predicted octanol–water partition coefficient (Wildman–Crippen LogP) is 2.49. The first-order chi connectivity index (χ1) is 12.1. The van der Waals surface area contributed by atoms with Crippen molar-refractivity contribution in [2.24, 2.45) is 5.92 Å². The van der Waals surface area contributed by atoms with Crippen molar-refractivity contribution in [3.05, 3.63) is 24.3 Å². The average molecular weight is 356 g/mol. The highest BCUT2D eigenvalue weighted by Gasteiger charge is 2.26. The average Bonchev–Trinajstić information content (AvgIpc) is 3.20. The zero-order valence-corrected chi connectivity index (χ0v) is 14.5. The van der Waals surface area contributed by atoms with Crippen molar-refractivity contribution in [3.8, 4) is 10.6 Å². The highest BCUT2D eigenvalue weighted by Crippen LogP contribution is 2.38. The molecule has 2 heterocycles. The zero-order valence-electron chi connectivity index (χ0n) is 13.6. The molecule has 130 valence electrons. The van der Waals surface area contributed by atoms with Gasteiger partial charge in [0.15, 0.2) is 0 Å². The Morgan fingerprint density at radius 2 is 2.00 bits per heavy atom. The Hall–Kier alpha value is -2.45. The van der Waals surface area contributed by atoms with Crippen LogP contribution in [0.25, 0.3) is 20.8 Å². The molecular formula is C17H20N6OS. The summed E-state index contributed by atoms with van der Waals surface area (Å²) in [5, 5.41) is 13.6.